The van der Waals surface area contributed by atoms with Gasteiger partial charge in [0, 0.05) is 0 Å². The van der Waals surface area contributed by atoms with E-state index in [0.717, 1.165) is 11.4 Å². The molecule has 0 aliphatic carbocycles. The average molecular weight is 181 g/mol. The summed E-state index contributed by atoms with van der Waals surface area (Å²) < 4.78 is 5.40. The monoisotopic (exact) mass is 181 g/mol. The first-order chi connectivity index (χ1) is 6.38. The van der Waals surface area contributed by atoms with E-state index in [1.807, 2.05) is 31.2 Å². The smallest absolute Gasteiger partial charge is 0.142 e. The third-order valence-corrected chi connectivity index (χ3v) is 1.57. The van der Waals surface area contributed by atoms with Crippen LogP contribution < -0.4 is 21.3 Å². The summed E-state index contributed by atoms with van der Waals surface area (Å²) in [6.07, 6.45) is 0. The number of hydrogen-bond acceptors (Lipinski definition) is 4. The molecule has 0 atom stereocenters. The van der Waals surface area contributed by atoms with Crippen molar-refractivity contribution in [3.8, 4) is 5.75 Å². The molecule has 1 rings (SSSR count). The molecule has 0 amide bonds. The van der Waals surface area contributed by atoms with Crippen LogP contribution in [0.2, 0.25) is 0 Å². The fraction of sp³-hybridized carbons (Fsp3) is 0.333. The first kappa shape index (κ1) is 9.83. The van der Waals surface area contributed by atoms with Gasteiger partial charge in [0.1, 0.15) is 5.75 Å². The Morgan fingerprint density at radius 1 is 1.38 bits per heavy atom. The highest BCUT2D eigenvalue weighted by molar-refractivity contribution is 5.55. The van der Waals surface area contributed by atoms with Gasteiger partial charge in [0.05, 0.1) is 19.0 Å². The van der Waals surface area contributed by atoms with Crippen LogP contribution in [0.15, 0.2) is 24.3 Å². The lowest BCUT2D eigenvalue weighted by Gasteiger charge is -2.11. The highest BCUT2D eigenvalue weighted by Crippen LogP contribution is 2.22. The van der Waals surface area contributed by atoms with Gasteiger partial charge in [-0.3, -0.25) is 5.84 Å². The van der Waals surface area contributed by atoms with E-state index < -0.39 is 0 Å². The van der Waals surface area contributed by atoms with Crippen LogP contribution in [0, 0.1) is 0 Å². The van der Waals surface area contributed by atoms with Crippen LogP contribution in [0.4, 0.5) is 5.69 Å². The van der Waals surface area contributed by atoms with Crippen molar-refractivity contribution in [1.82, 2.24) is 5.43 Å². The number of anilines is 1. The van der Waals surface area contributed by atoms with Gasteiger partial charge in [0.2, 0.25) is 0 Å². The van der Waals surface area contributed by atoms with E-state index in [2.05, 4.69) is 10.7 Å². The Morgan fingerprint density at radius 2 is 2.15 bits per heavy atom. The molecular weight excluding hydrogens is 166 g/mol. The molecule has 4 nitrogen and oxygen atoms in total. The molecule has 0 aliphatic heterocycles. The van der Waals surface area contributed by atoms with Crippen LogP contribution in [0.25, 0.3) is 0 Å². The van der Waals surface area contributed by atoms with Crippen LogP contribution in [-0.2, 0) is 0 Å². The fourth-order valence-electron chi connectivity index (χ4n) is 1.04. The molecule has 13 heavy (non-hydrogen) atoms. The summed E-state index contributed by atoms with van der Waals surface area (Å²) in [7, 11) is 0. The lowest BCUT2D eigenvalue weighted by Crippen LogP contribution is -2.28. The minimum atomic E-state index is 0.518. The van der Waals surface area contributed by atoms with E-state index in [0.29, 0.717) is 13.3 Å². The van der Waals surface area contributed by atoms with Crippen LogP contribution >= 0.6 is 0 Å². The highest BCUT2D eigenvalue weighted by atomic mass is 16.5. The van der Waals surface area contributed by atoms with Crippen molar-refractivity contribution in [2.24, 2.45) is 5.84 Å². The molecule has 1 aromatic carbocycles. The summed E-state index contributed by atoms with van der Waals surface area (Å²) in [4.78, 5) is 0. The van der Waals surface area contributed by atoms with E-state index >= 15 is 0 Å². The van der Waals surface area contributed by atoms with Crippen molar-refractivity contribution < 1.29 is 4.74 Å². The van der Waals surface area contributed by atoms with Gasteiger partial charge in [0.15, 0.2) is 0 Å². The zero-order valence-corrected chi connectivity index (χ0v) is 7.71. The minimum absolute atomic E-state index is 0.518. The first-order valence-electron chi connectivity index (χ1n) is 4.27. The van der Waals surface area contributed by atoms with Crippen molar-refractivity contribution in [2.45, 2.75) is 6.92 Å². The molecule has 0 saturated carbocycles. The normalized spacial score (nSPS) is 9.69. The summed E-state index contributed by atoms with van der Waals surface area (Å²) in [6.45, 7) is 3.14. The van der Waals surface area contributed by atoms with Gasteiger partial charge in [-0.25, -0.2) is 5.43 Å². The molecule has 0 aliphatic rings. The van der Waals surface area contributed by atoms with Crippen molar-refractivity contribution in [3.63, 3.8) is 0 Å². The van der Waals surface area contributed by atoms with Crippen molar-refractivity contribution in [3.05, 3.63) is 24.3 Å². The zero-order valence-electron chi connectivity index (χ0n) is 7.71. The second-order valence-corrected chi connectivity index (χ2v) is 2.49. The maximum absolute atomic E-state index is 5.40. The Morgan fingerprint density at radius 3 is 2.85 bits per heavy atom. The van der Waals surface area contributed by atoms with Crippen molar-refractivity contribution in [1.29, 1.82) is 0 Å². The number of hydrogen-bond donors (Lipinski definition) is 3. The van der Waals surface area contributed by atoms with Crippen molar-refractivity contribution >= 4 is 5.69 Å². The number of nitrogens with one attached hydrogen (secondary N) is 2. The summed E-state index contributed by atoms with van der Waals surface area (Å²) >= 11 is 0. The van der Waals surface area contributed by atoms with Crippen LogP contribution in [0.5, 0.6) is 5.75 Å². The van der Waals surface area contributed by atoms with E-state index in [9.17, 15) is 0 Å². The number of para-hydroxylation sites is 2. The second-order valence-electron chi connectivity index (χ2n) is 2.49. The lowest BCUT2D eigenvalue weighted by atomic mass is 10.3. The SMILES string of the molecule is CCOc1ccccc1NCNN. The molecule has 72 valence electrons. The summed E-state index contributed by atoms with van der Waals surface area (Å²) in [6, 6.07) is 7.75. The highest BCUT2D eigenvalue weighted by Gasteiger charge is 1.99. The molecule has 0 spiro atoms. The van der Waals surface area contributed by atoms with E-state index in [1.165, 1.54) is 0 Å². The van der Waals surface area contributed by atoms with Crippen LogP contribution in [0.3, 0.4) is 0 Å². The molecule has 0 bridgehead atoms. The maximum Gasteiger partial charge on any atom is 0.142 e. The zero-order chi connectivity index (χ0) is 9.52. The van der Waals surface area contributed by atoms with Crippen molar-refractivity contribution in [2.75, 3.05) is 18.6 Å². The Bertz CT molecular complexity index is 252. The number of rotatable bonds is 5. The number of benzene rings is 1. The molecule has 0 saturated heterocycles. The molecular formula is C9H15N3O. The summed E-state index contributed by atoms with van der Waals surface area (Å²) in [5, 5.41) is 3.09. The largest absolute Gasteiger partial charge is 0.492 e. The summed E-state index contributed by atoms with van der Waals surface area (Å²) in [5.74, 6) is 5.99. The molecule has 4 heteroatoms. The van der Waals surface area contributed by atoms with E-state index in [1.54, 1.807) is 0 Å². The minimum Gasteiger partial charge on any atom is -0.492 e. The number of ether oxygens (including phenoxy) is 1. The number of hydrazine groups is 1. The van der Waals surface area contributed by atoms with Gasteiger partial charge >= 0.3 is 0 Å². The first-order valence-corrected chi connectivity index (χ1v) is 4.27. The predicted molar refractivity (Wildman–Crippen MR) is 53.4 cm³/mol. The van der Waals surface area contributed by atoms with Crippen LogP contribution in [-0.4, -0.2) is 13.3 Å². The second kappa shape index (κ2) is 5.40. The Balaban J connectivity index is 2.66. The van der Waals surface area contributed by atoms with Gasteiger partial charge in [-0.2, -0.15) is 0 Å². The standard InChI is InChI=1S/C9H15N3O/c1-2-13-9-6-4-3-5-8(9)11-7-12-10/h3-6,11-12H,2,7,10H2,1H3. The average Bonchev–Trinajstić information content (AvgIpc) is 2.17. The van der Waals surface area contributed by atoms with Gasteiger partial charge in [-0.1, -0.05) is 12.1 Å². The molecule has 0 heterocycles. The Labute approximate surface area is 78.0 Å². The molecule has 1 aromatic rings. The molecule has 0 aromatic heterocycles. The van der Waals surface area contributed by atoms with E-state index in [-0.39, 0.29) is 0 Å². The lowest BCUT2D eigenvalue weighted by molar-refractivity contribution is 0.341. The topological polar surface area (TPSA) is 59.3 Å². The van der Waals surface area contributed by atoms with E-state index in [4.69, 9.17) is 10.6 Å². The van der Waals surface area contributed by atoms with Gasteiger partial charge in [0.25, 0.3) is 0 Å². The predicted octanol–water partition coefficient (Wildman–Crippen LogP) is 0.918. The quantitative estimate of drug-likeness (QED) is 0.359. The van der Waals surface area contributed by atoms with Gasteiger partial charge in [-0.05, 0) is 19.1 Å². The molecule has 0 unspecified atom stereocenters. The van der Waals surface area contributed by atoms with Crippen LogP contribution in [0.1, 0.15) is 6.92 Å². The molecule has 0 radical (unpaired) electrons. The van der Waals surface area contributed by atoms with Gasteiger partial charge in [-0.15, -0.1) is 0 Å². The third-order valence-electron chi connectivity index (χ3n) is 1.57. The van der Waals surface area contributed by atoms with Gasteiger partial charge < -0.3 is 10.1 Å². The fourth-order valence-corrected chi connectivity index (χ4v) is 1.04. The molecule has 4 N–H and O–H groups in total. The summed E-state index contributed by atoms with van der Waals surface area (Å²) in [5.41, 5.74) is 3.47. The maximum atomic E-state index is 5.40. The number of nitrogens with two attached hydrogens (primary N) is 1. The molecule has 0 fully saturated rings. The Kier molecular flexibility index (Phi) is 4.08. The Hall–Kier alpha value is -1.26. The third kappa shape index (κ3) is 2.93.